The predicted molar refractivity (Wildman–Crippen MR) is 94.8 cm³/mol. The maximum atomic E-state index is 12.5. The van der Waals surface area contributed by atoms with Crippen LogP contribution in [-0.2, 0) is 0 Å². The summed E-state index contributed by atoms with van der Waals surface area (Å²) in [4.78, 5) is 32.5. The summed E-state index contributed by atoms with van der Waals surface area (Å²) in [5.41, 5.74) is 0.574. The second kappa shape index (κ2) is 7.96. The second-order valence-electron chi connectivity index (χ2n) is 6.46. The quantitative estimate of drug-likeness (QED) is 0.838. The van der Waals surface area contributed by atoms with Crippen molar-refractivity contribution >= 4 is 27.9 Å². The number of halogens is 1. The van der Waals surface area contributed by atoms with Crippen molar-refractivity contribution < 1.29 is 9.59 Å². The predicted octanol–water partition coefficient (Wildman–Crippen LogP) is 2.64. The molecule has 2 heterocycles. The van der Waals surface area contributed by atoms with Crippen molar-refractivity contribution in [3.05, 3.63) is 28.5 Å². The molecule has 24 heavy (non-hydrogen) atoms. The highest BCUT2D eigenvalue weighted by molar-refractivity contribution is 9.10. The minimum absolute atomic E-state index is 0.0121. The molecule has 0 radical (unpaired) electrons. The van der Waals surface area contributed by atoms with Crippen molar-refractivity contribution in [3.63, 3.8) is 0 Å². The molecule has 1 aliphatic carbocycles. The van der Waals surface area contributed by atoms with Crippen molar-refractivity contribution in [1.29, 1.82) is 0 Å². The molecule has 1 N–H and O–H groups in total. The summed E-state index contributed by atoms with van der Waals surface area (Å²) < 4.78 is 0.791. The van der Waals surface area contributed by atoms with E-state index >= 15 is 0 Å². The molecule has 1 aromatic rings. The van der Waals surface area contributed by atoms with Crippen LogP contribution in [0.1, 0.15) is 42.5 Å². The number of carbonyl (C=O) groups excluding carboxylic acids is 2. The second-order valence-corrected chi connectivity index (χ2v) is 7.37. The van der Waals surface area contributed by atoms with E-state index in [2.05, 4.69) is 26.2 Å². The van der Waals surface area contributed by atoms with E-state index in [0.29, 0.717) is 37.8 Å². The Kier molecular flexibility index (Phi) is 5.71. The fourth-order valence-corrected chi connectivity index (χ4v) is 3.70. The van der Waals surface area contributed by atoms with E-state index in [1.54, 1.807) is 23.4 Å². The largest absolute Gasteiger partial charge is 0.335 e. The number of aromatic nitrogens is 1. The molecule has 1 saturated heterocycles. The Bertz CT molecular complexity index is 596. The summed E-state index contributed by atoms with van der Waals surface area (Å²) in [6.07, 6.45) is 9.08. The molecule has 0 unspecified atom stereocenters. The van der Waals surface area contributed by atoms with Crippen LogP contribution in [0.25, 0.3) is 0 Å². The summed E-state index contributed by atoms with van der Waals surface area (Å²) in [6.45, 7) is 2.27. The van der Waals surface area contributed by atoms with Crippen molar-refractivity contribution in [2.45, 2.75) is 38.1 Å². The minimum atomic E-state index is -0.0314. The fourth-order valence-electron chi connectivity index (χ4n) is 3.34. The molecule has 0 spiro atoms. The minimum Gasteiger partial charge on any atom is -0.335 e. The first kappa shape index (κ1) is 17.2. The van der Waals surface area contributed by atoms with E-state index in [1.165, 1.54) is 19.3 Å². The fraction of sp³-hybridized carbons (Fsp3) is 0.588. The molecule has 2 aliphatic rings. The zero-order valence-corrected chi connectivity index (χ0v) is 15.3. The van der Waals surface area contributed by atoms with Crippen LogP contribution in [0, 0.1) is 0 Å². The molecule has 1 saturated carbocycles. The van der Waals surface area contributed by atoms with Crippen LogP contribution in [0.15, 0.2) is 22.9 Å². The van der Waals surface area contributed by atoms with Crippen molar-refractivity contribution in [3.8, 4) is 0 Å². The molecular weight excluding hydrogens is 372 g/mol. The van der Waals surface area contributed by atoms with Gasteiger partial charge in [0.15, 0.2) is 0 Å². The average molecular weight is 395 g/mol. The summed E-state index contributed by atoms with van der Waals surface area (Å²) in [7, 11) is 0. The van der Waals surface area contributed by atoms with Gasteiger partial charge in [-0.2, -0.15) is 0 Å². The van der Waals surface area contributed by atoms with Crippen LogP contribution in [0.4, 0.5) is 4.79 Å². The number of pyridine rings is 1. The first-order valence-corrected chi connectivity index (χ1v) is 9.38. The maximum Gasteiger partial charge on any atom is 0.317 e. The number of rotatable bonds is 2. The number of piperazine rings is 1. The van der Waals surface area contributed by atoms with Crippen molar-refractivity contribution in [1.82, 2.24) is 20.1 Å². The third kappa shape index (κ3) is 4.26. The lowest BCUT2D eigenvalue weighted by Gasteiger charge is -2.36. The van der Waals surface area contributed by atoms with Crippen LogP contribution in [0.5, 0.6) is 0 Å². The third-order valence-corrected chi connectivity index (χ3v) is 5.17. The Morgan fingerprint density at radius 1 is 1.04 bits per heavy atom. The van der Waals surface area contributed by atoms with Crippen LogP contribution in [0.3, 0.4) is 0 Å². The van der Waals surface area contributed by atoms with Crippen LogP contribution < -0.4 is 5.32 Å². The van der Waals surface area contributed by atoms with E-state index in [-0.39, 0.29) is 11.9 Å². The number of nitrogens with one attached hydrogen (secondary N) is 1. The molecule has 0 aromatic carbocycles. The zero-order chi connectivity index (χ0) is 16.9. The van der Waals surface area contributed by atoms with Crippen LogP contribution >= 0.6 is 15.9 Å². The van der Waals surface area contributed by atoms with Gasteiger partial charge in [0.2, 0.25) is 0 Å². The summed E-state index contributed by atoms with van der Waals surface area (Å²) in [6, 6.07) is 2.11. The lowest BCUT2D eigenvalue weighted by Crippen LogP contribution is -2.54. The lowest BCUT2D eigenvalue weighted by atomic mass is 9.96. The SMILES string of the molecule is O=C(NC1CCCCC1)N1CCN(C(=O)c2cncc(Br)c2)CC1. The topological polar surface area (TPSA) is 65.5 Å². The van der Waals surface area contributed by atoms with Crippen molar-refractivity contribution in [2.24, 2.45) is 0 Å². The van der Waals surface area contributed by atoms with Gasteiger partial charge in [-0.3, -0.25) is 9.78 Å². The highest BCUT2D eigenvalue weighted by Crippen LogP contribution is 2.18. The summed E-state index contributed by atoms with van der Waals surface area (Å²) >= 11 is 3.34. The first-order chi connectivity index (χ1) is 11.6. The number of hydrogen-bond acceptors (Lipinski definition) is 3. The van der Waals surface area contributed by atoms with Crippen LogP contribution in [-0.4, -0.2) is 58.9 Å². The monoisotopic (exact) mass is 394 g/mol. The van der Waals surface area contributed by atoms with E-state index in [1.807, 2.05) is 4.90 Å². The number of nitrogens with zero attached hydrogens (tertiary/aromatic N) is 3. The van der Waals surface area contributed by atoms with Gasteiger partial charge in [-0.15, -0.1) is 0 Å². The van der Waals surface area contributed by atoms with Gasteiger partial charge in [0, 0.05) is 49.1 Å². The number of amides is 3. The van der Waals surface area contributed by atoms with E-state index < -0.39 is 0 Å². The van der Waals surface area contributed by atoms with Crippen LogP contribution in [0.2, 0.25) is 0 Å². The highest BCUT2D eigenvalue weighted by atomic mass is 79.9. The van der Waals surface area contributed by atoms with Gasteiger partial charge in [-0.05, 0) is 34.8 Å². The lowest BCUT2D eigenvalue weighted by molar-refractivity contribution is 0.0662. The average Bonchev–Trinajstić information content (AvgIpc) is 2.62. The van der Waals surface area contributed by atoms with Gasteiger partial charge in [-0.25, -0.2) is 4.79 Å². The molecule has 0 atom stereocenters. The molecule has 1 aromatic heterocycles. The molecule has 2 fully saturated rings. The van der Waals surface area contributed by atoms with Gasteiger partial charge >= 0.3 is 6.03 Å². The maximum absolute atomic E-state index is 12.5. The van der Waals surface area contributed by atoms with Gasteiger partial charge in [0.05, 0.1) is 5.56 Å². The Morgan fingerprint density at radius 2 is 1.71 bits per heavy atom. The molecular formula is C17H23BrN4O2. The molecule has 0 bridgehead atoms. The molecule has 6 nitrogen and oxygen atoms in total. The molecule has 130 valence electrons. The smallest absolute Gasteiger partial charge is 0.317 e. The zero-order valence-electron chi connectivity index (χ0n) is 13.7. The van der Waals surface area contributed by atoms with Gasteiger partial charge in [-0.1, -0.05) is 19.3 Å². The molecule has 3 amide bonds. The van der Waals surface area contributed by atoms with E-state index in [4.69, 9.17) is 0 Å². The molecule has 3 rings (SSSR count). The Labute approximate surface area is 150 Å². The van der Waals surface area contributed by atoms with Gasteiger partial charge in [0.25, 0.3) is 5.91 Å². The van der Waals surface area contributed by atoms with Gasteiger partial charge < -0.3 is 15.1 Å². The Balaban J connectivity index is 1.50. The summed E-state index contributed by atoms with van der Waals surface area (Å²) in [5, 5.41) is 3.14. The highest BCUT2D eigenvalue weighted by Gasteiger charge is 2.26. The molecule has 1 aliphatic heterocycles. The third-order valence-electron chi connectivity index (χ3n) is 4.74. The standard InChI is InChI=1S/C17H23BrN4O2/c18-14-10-13(11-19-12-14)16(23)21-6-8-22(9-7-21)17(24)20-15-4-2-1-3-5-15/h10-12,15H,1-9H2,(H,20,24). The van der Waals surface area contributed by atoms with E-state index in [0.717, 1.165) is 17.3 Å². The van der Waals surface area contributed by atoms with Gasteiger partial charge in [0.1, 0.15) is 0 Å². The number of carbonyl (C=O) groups is 2. The molecule has 7 heteroatoms. The Morgan fingerprint density at radius 3 is 2.38 bits per heavy atom. The number of hydrogen-bond donors (Lipinski definition) is 1. The summed E-state index contributed by atoms with van der Waals surface area (Å²) in [5.74, 6) is -0.0314. The Hall–Kier alpha value is -1.63. The first-order valence-electron chi connectivity index (χ1n) is 8.59. The normalized spacial score (nSPS) is 19.2. The van der Waals surface area contributed by atoms with E-state index in [9.17, 15) is 9.59 Å². The van der Waals surface area contributed by atoms with Crippen molar-refractivity contribution in [2.75, 3.05) is 26.2 Å². The number of urea groups is 1.